The molecule has 0 bridgehead atoms. The molecule has 0 atom stereocenters. The number of nitrogens with one attached hydrogen (secondary N) is 1. The highest BCUT2D eigenvalue weighted by Crippen LogP contribution is 2.29. The Labute approximate surface area is 183 Å². The summed E-state index contributed by atoms with van der Waals surface area (Å²) in [6.07, 6.45) is 0. The highest BCUT2D eigenvalue weighted by atomic mass is 35.5. The molecule has 0 saturated carbocycles. The molecular formula is C20H18ClN3O4S2. The molecule has 30 heavy (non-hydrogen) atoms. The molecule has 0 saturated heterocycles. The Morgan fingerprint density at radius 3 is 2.40 bits per heavy atom. The van der Waals surface area contributed by atoms with Crippen molar-refractivity contribution in [2.45, 2.75) is 18.7 Å². The zero-order chi connectivity index (χ0) is 22.1. The summed E-state index contributed by atoms with van der Waals surface area (Å²) < 4.78 is 27.2. The number of para-hydroxylation sites is 1. The predicted molar refractivity (Wildman–Crippen MR) is 118 cm³/mol. The Hall–Kier alpha value is -2.75. The Morgan fingerprint density at radius 2 is 1.80 bits per heavy atom. The number of carbonyl (C=O) groups excluding carboxylic acids is 2. The van der Waals surface area contributed by atoms with Crippen LogP contribution in [0.15, 0.2) is 53.4 Å². The van der Waals surface area contributed by atoms with Gasteiger partial charge in [0.15, 0.2) is 10.9 Å². The van der Waals surface area contributed by atoms with Gasteiger partial charge in [-0.2, -0.15) is 0 Å². The van der Waals surface area contributed by atoms with Gasteiger partial charge in [-0.25, -0.2) is 13.4 Å². The number of rotatable bonds is 6. The lowest BCUT2D eigenvalue weighted by Gasteiger charge is -2.20. The molecule has 1 amide bonds. The zero-order valence-corrected chi connectivity index (χ0v) is 18.7. The Balaban J connectivity index is 1.92. The second-order valence-corrected chi connectivity index (χ2v) is 9.74. The van der Waals surface area contributed by atoms with Gasteiger partial charge in [-0.05, 0) is 37.3 Å². The van der Waals surface area contributed by atoms with Gasteiger partial charge in [0.2, 0.25) is 0 Å². The number of hydrogen-bond donors (Lipinski definition) is 1. The van der Waals surface area contributed by atoms with E-state index in [4.69, 9.17) is 11.6 Å². The average Bonchev–Trinajstić information content (AvgIpc) is 3.08. The number of sulfonamides is 1. The third-order valence-corrected chi connectivity index (χ3v) is 7.73. The summed E-state index contributed by atoms with van der Waals surface area (Å²) in [5.41, 5.74) is 1.07. The number of nitrogens with zero attached hydrogens (tertiary/aromatic N) is 2. The molecule has 0 spiro atoms. The van der Waals surface area contributed by atoms with Gasteiger partial charge in [-0.1, -0.05) is 41.1 Å². The monoisotopic (exact) mass is 463 g/mol. The number of amides is 1. The first kappa shape index (κ1) is 21.9. The molecular weight excluding hydrogens is 446 g/mol. The molecule has 0 fully saturated rings. The van der Waals surface area contributed by atoms with Crippen LogP contribution in [-0.2, 0) is 10.0 Å². The summed E-state index contributed by atoms with van der Waals surface area (Å²) >= 11 is 7.21. The highest BCUT2D eigenvalue weighted by Gasteiger charge is 2.25. The molecule has 3 aromatic rings. The maximum absolute atomic E-state index is 13.1. The summed E-state index contributed by atoms with van der Waals surface area (Å²) in [6, 6.07) is 12.5. The SMILES string of the molecule is CC(=O)c1sc(NC(=O)c2ccc(Cl)c(S(=O)(=O)N(C)c3ccccc3)c2)nc1C. The first-order valence-electron chi connectivity index (χ1n) is 8.74. The van der Waals surface area contributed by atoms with Gasteiger partial charge >= 0.3 is 0 Å². The van der Waals surface area contributed by atoms with E-state index in [2.05, 4.69) is 10.3 Å². The number of benzene rings is 2. The summed E-state index contributed by atoms with van der Waals surface area (Å²) in [7, 11) is -2.59. The van der Waals surface area contributed by atoms with Crippen LogP contribution in [0.1, 0.15) is 32.6 Å². The first-order chi connectivity index (χ1) is 14.1. The number of hydrogen-bond acceptors (Lipinski definition) is 6. The van der Waals surface area contributed by atoms with Gasteiger partial charge in [0.25, 0.3) is 15.9 Å². The number of ketones is 1. The van der Waals surface area contributed by atoms with Crippen LogP contribution in [0, 0.1) is 6.92 Å². The summed E-state index contributed by atoms with van der Waals surface area (Å²) in [4.78, 5) is 28.7. The molecule has 10 heteroatoms. The minimum Gasteiger partial charge on any atom is -0.298 e. The van der Waals surface area contributed by atoms with Crippen molar-refractivity contribution in [2.24, 2.45) is 0 Å². The largest absolute Gasteiger partial charge is 0.298 e. The maximum Gasteiger partial charge on any atom is 0.265 e. The van der Waals surface area contributed by atoms with Crippen molar-refractivity contribution in [3.8, 4) is 0 Å². The Morgan fingerprint density at radius 1 is 1.13 bits per heavy atom. The number of Topliss-reactive ketones (excluding diaryl/α,β-unsaturated/α-hetero) is 1. The van der Waals surface area contributed by atoms with E-state index in [1.807, 2.05) is 0 Å². The standard InChI is InChI=1S/C20H18ClN3O4S2/c1-12-18(13(2)25)29-20(22-12)23-19(26)14-9-10-16(21)17(11-14)30(27,28)24(3)15-7-5-4-6-8-15/h4-11H,1-3H3,(H,22,23,26). The van der Waals surface area contributed by atoms with Gasteiger partial charge in [0.05, 0.1) is 21.3 Å². The lowest BCUT2D eigenvalue weighted by molar-refractivity contribution is 0.101. The number of aryl methyl sites for hydroxylation is 1. The summed E-state index contributed by atoms with van der Waals surface area (Å²) in [6.45, 7) is 3.10. The molecule has 0 aliphatic heterocycles. The molecule has 2 aromatic carbocycles. The van der Waals surface area contributed by atoms with Crippen molar-refractivity contribution >= 4 is 55.5 Å². The van der Waals surface area contributed by atoms with Crippen LogP contribution >= 0.6 is 22.9 Å². The van der Waals surface area contributed by atoms with Crippen LogP contribution in [0.4, 0.5) is 10.8 Å². The number of aromatic nitrogens is 1. The van der Waals surface area contributed by atoms with Gasteiger partial charge in [0.1, 0.15) is 4.90 Å². The zero-order valence-electron chi connectivity index (χ0n) is 16.3. The van der Waals surface area contributed by atoms with Crippen molar-refractivity contribution in [3.05, 3.63) is 69.7 Å². The van der Waals surface area contributed by atoms with Crippen molar-refractivity contribution in [1.82, 2.24) is 4.98 Å². The van der Waals surface area contributed by atoms with Crippen LogP contribution < -0.4 is 9.62 Å². The van der Waals surface area contributed by atoms with E-state index in [-0.39, 0.29) is 26.4 Å². The van der Waals surface area contributed by atoms with E-state index < -0.39 is 15.9 Å². The lowest BCUT2D eigenvalue weighted by Crippen LogP contribution is -2.27. The molecule has 3 rings (SSSR count). The second-order valence-electron chi connectivity index (χ2n) is 6.40. The molecule has 1 N–H and O–H groups in total. The number of thiazole rings is 1. The molecule has 0 aliphatic rings. The smallest absolute Gasteiger partial charge is 0.265 e. The van der Waals surface area contributed by atoms with Crippen molar-refractivity contribution in [2.75, 3.05) is 16.7 Å². The molecule has 1 aromatic heterocycles. The number of carbonyl (C=O) groups is 2. The number of anilines is 2. The van der Waals surface area contributed by atoms with Crippen LogP contribution in [-0.4, -0.2) is 32.1 Å². The van der Waals surface area contributed by atoms with Gasteiger partial charge in [-0.3, -0.25) is 19.2 Å². The highest BCUT2D eigenvalue weighted by molar-refractivity contribution is 7.93. The summed E-state index contributed by atoms with van der Waals surface area (Å²) in [5.74, 6) is -0.705. The number of halogens is 1. The van der Waals surface area contributed by atoms with Gasteiger partial charge < -0.3 is 0 Å². The Bertz CT molecular complexity index is 1220. The molecule has 0 unspecified atom stereocenters. The van der Waals surface area contributed by atoms with Crippen molar-refractivity contribution in [1.29, 1.82) is 0 Å². The topological polar surface area (TPSA) is 96.4 Å². The molecule has 156 valence electrons. The molecule has 7 nitrogen and oxygen atoms in total. The third-order valence-electron chi connectivity index (χ3n) is 4.29. The minimum atomic E-state index is -4.00. The van der Waals surface area contributed by atoms with E-state index in [0.29, 0.717) is 16.3 Å². The molecule has 0 radical (unpaired) electrons. The minimum absolute atomic E-state index is 0.00158. The summed E-state index contributed by atoms with van der Waals surface area (Å²) in [5, 5.41) is 2.85. The normalized spacial score (nSPS) is 11.2. The van der Waals surface area contributed by atoms with E-state index in [1.165, 1.54) is 32.2 Å². The predicted octanol–water partition coefficient (Wildman–Crippen LogP) is 4.38. The second kappa shape index (κ2) is 8.55. The maximum atomic E-state index is 13.1. The average molecular weight is 464 g/mol. The van der Waals surface area contributed by atoms with E-state index in [0.717, 1.165) is 15.6 Å². The molecule has 1 heterocycles. The quantitative estimate of drug-likeness (QED) is 0.547. The Kier molecular flexibility index (Phi) is 6.25. The van der Waals surface area contributed by atoms with Gasteiger partial charge in [0, 0.05) is 19.5 Å². The van der Waals surface area contributed by atoms with Crippen LogP contribution in [0.3, 0.4) is 0 Å². The fourth-order valence-corrected chi connectivity index (χ4v) is 5.26. The third kappa shape index (κ3) is 4.38. The fourth-order valence-electron chi connectivity index (χ4n) is 2.71. The van der Waals surface area contributed by atoms with Gasteiger partial charge in [-0.15, -0.1) is 0 Å². The first-order valence-corrected chi connectivity index (χ1v) is 11.4. The van der Waals surface area contributed by atoms with Crippen LogP contribution in [0.2, 0.25) is 5.02 Å². The van der Waals surface area contributed by atoms with E-state index in [1.54, 1.807) is 37.3 Å². The van der Waals surface area contributed by atoms with Crippen LogP contribution in [0.5, 0.6) is 0 Å². The van der Waals surface area contributed by atoms with E-state index >= 15 is 0 Å². The van der Waals surface area contributed by atoms with Crippen molar-refractivity contribution in [3.63, 3.8) is 0 Å². The van der Waals surface area contributed by atoms with E-state index in [9.17, 15) is 18.0 Å². The van der Waals surface area contributed by atoms with Crippen molar-refractivity contribution < 1.29 is 18.0 Å². The molecule has 0 aliphatic carbocycles. The lowest BCUT2D eigenvalue weighted by atomic mass is 10.2. The van der Waals surface area contributed by atoms with Crippen LogP contribution in [0.25, 0.3) is 0 Å². The fraction of sp³-hybridized carbons (Fsp3) is 0.150.